The van der Waals surface area contributed by atoms with Crippen molar-refractivity contribution in [3.05, 3.63) is 41.0 Å². The van der Waals surface area contributed by atoms with Crippen molar-refractivity contribution in [2.45, 2.75) is 45.4 Å². The molecule has 19 heavy (non-hydrogen) atoms. The highest BCUT2D eigenvalue weighted by Gasteiger charge is 2.51. The van der Waals surface area contributed by atoms with Crippen LogP contribution in [0.1, 0.15) is 33.3 Å². The van der Waals surface area contributed by atoms with E-state index in [1.54, 1.807) is 12.1 Å². The summed E-state index contributed by atoms with van der Waals surface area (Å²) < 4.78 is 25.3. The second-order valence-electron chi connectivity index (χ2n) is 5.76. The Bertz CT molecular complexity index is 521. The molecule has 0 spiro atoms. The van der Waals surface area contributed by atoms with Gasteiger partial charge >= 0.3 is 7.12 Å². The normalized spacial score (nSPS) is 20.3. The minimum atomic E-state index is -0.518. The van der Waals surface area contributed by atoms with Gasteiger partial charge < -0.3 is 14.2 Å². The molecule has 0 N–H and O–H groups in total. The molecule has 1 aromatic carbocycles. The predicted octanol–water partition coefficient (Wildman–Crippen LogP) is 2.54. The van der Waals surface area contributed by atoms with Crippen LogP contribution in [-0.2, 0) is 15.9 Å². The maximum Gasteiger partial charge on any atom is 0.494 e. The van der Waals surface area contributed by atoms with Crippen LogP contribution in [0.4, 0.5) is 4.39 Å². The van der Waals surface area contributed by atoms with E-state index < -0.39 is 18.3 Å². The van der Waals surface area contributed by atoms with Crippen molar-refractivity contribution in [3.63, 3.8) is 0 Å². The summed E-state index contributed by atoms with van der Waals surface area (Å²) in [4.78, 5) is 3.22. The summed E-state index contributed by atoms with van der Waals surface area (Å²) >= 11 is 0. The zero-order valence-corrected chi connectivity index (χ0v) is 11.7. The number of halogens is 1. The molecule has 1 aromatic rings. The van der Waals surface area contributed by atoms with Crippen molar-refractivity contribution < 1.29 is 13.7 Å². The van der Waals surface area contributed by atoms with Crippen LogP contribution in [0.3, 0.4) is 0 Å². The minimum Gasteiger partial charge on any atom is -0.399 e. The number of hydrogen-bond donors (Lipinski definition) is 0. The lowest BCUT2D eigenvalue weighted by molar-refractivity contribution is 0.00578. The average molecular weight is 261 g/mol. The molecular formula is C14H17BFNO2. The standard InChI is InChI=1S/C14H17BFNO2/c1-13(2)14(3,4)19-15(18-13)11-6-7-12(16)10(8-11)9-17-5/h6-8H,9H2,1-4H3. The van der Waals surface area contributed by atoms with Gasteiger partial charge in [0.1, 0.15) is 5.82 Å². The Morgan fingerprint density at radius 1 is 1.21 bits per heavy atom. The Morgan fingerprint density at radius 3 is 2.32 bits per heavy atom. The summed E-state index contributed by atoms with van der Waals surface area (Å²) in [5, 5.41) is 0. The number of rotatable bonds is 2. The van der Waals surface area contributed by atoms with E-state index in [0.29, 0.717) is 5.56 Å². The Balaban J connectivity index is 2.30. The van der Waals surface area contributed by atoms with Gasteiger partial charge in [0.25, 0.3) is 0 Å². The molecule has 1 saturated heterocycles. The first-order valence-electron chi connectivity index (χ1n) is 6.24. The molecule has 5 heteroatoms. The van der Waals surface area contributed by atoms with Gasteiger partial charge in [0.2, 0.25) is 6.54 Å². The third-order valence-electron chi connectivity index (χ3n) is 3.84. The molecule has 1 heterocycles. The van der Waals surface area contributed by atoms with Gasteiger partial charge in [0.15, 0.2) is 0 Å². The predicted molar refractivity (Wildman–Crippen MR) is 72.4 cm³/mol. The fourth-order valence-electron chi connectivity index (χ4n) is 1.93. The zero-order chi connectivity index (χ0) is 14.3. The smallest absolute Gasteiger partial charge is 0.399 e. The lowest BCUT2D eigenvalue weighted by Crippen LogP contribution is -2.41. The molecule has 1 fully saturated rings. The van der Waals surface area contributed by atoms with Crippen LogP contribution in [0.25, 0.3) is 4.85 Å². The van der Waals surface area contributed by atoms with Crippen LogP contribution in [-0.4, -0.2) is 18.3 Å². The molecule has 0 bridgehead atoms. The highest BCUT2D eigenvalue weighted by atomic mass is 19.1. The van der Waals surface area contributed by atoms with Crippen molar-refractivity contribution in [3.8, 4) is 0 Å². The van der Waals surface area contributed by atoms with Gasteiger partial charge in [-0.25, -0.2) is 11.0 Å². The van der Waals surface area contributed by atoms with E-state index >= 15 is 0 Å². The average Bonchev–Trinajstić information content (AvgIpc) is 2.51. The third kappa shape index (κ3) is 2.51. The molecule has 0 unspecified atom stereocenters. The van der Waals surface area contributed by atoms with Crippen molar-refractivity contribution in [2.24, 2.45) is 0 Å². The van der Waals surface area contributed by atoms with E-state index in [1.165, 1.54) is 6.07 Å². The van der Waals surface area contributed by atoms with Gasteiger partial charge in [-0.05, 0) is 45.3 Å². The summed E-state index contributed by atoms with van der Waals surface area (Å²) in [6.07, 6.45) is 0. The quantitative estimate of drug-likeness (QED) is 0.603. The second kappa shape index (κ2) is 4.62. The first-order valence-corrected chi connectivity index (χ1v) is 6.24. The lowest BCUT2D eigenvalue weighted by Gasteiger charge is -2.32. The van der Waals surface area contributed by atoms with E-state index in [0.717, 1.165) is 5.46 Å². The minimum absolute atomic E-state index is 0.0270. The van der Waals surface area contributed by atoms with Crippen molar-refractivity contribution >= 4 is 12.6 Å². The SMILES string of the molecule is [C-]#[N+]Cc1cc(B2OC(C)(C)C(C)(C)O2)ccc1F. The van der Waals surface area contributed by atoms with Gasteiger partial charge in [0, 0.05) is 0 Å². The topological polar surface area (TPSA) is 22.8 Å². The Labute approximate surface area is 113 Å². The number of benzene rings is 1. The van der Waals surface area contributed by atoms with Gasteiger partial charge in [-0.2, -0.15) is 0 Å². The number of hydrogen-bond acceptors (Lipinski definition) is 2. The summed E-state index contributed by atoms with van der Waals surface area (Å²) in [5.74, 6) is -0.365. The molecule has 1 aliphatic heterocycles. The monoisotopic (exact) mass is 261 g/mol. The molecule has 0 amide bonds. The molecule has 1 aliphatic rings. The molecule has 0 saturated carbocycles. The maximum atomic E-state index is 13.5. The molecule has 2 rings (SSSR count). The third-order valence-corrected chi connectivity index (χ3v) is 3.84. The van der Waals surface area contributed by atoms with E-state index in [-0.39, 0.29) is 12.4 Å². The number of nitrogens with zero attached hydrogens (tertiary/aromatic N) is 1. The van der Waals surface area contributed by atoms with E-state index in [9.17, 15) is 4.39 Å². The van der Waals surface area contributed by atoms with Crippen molar-refractivity contribution in [1.82, 2.24) is 0 Å². The van der Waals surface area contributed by atoms with Crippen molar-refractivity contribution in [1.29, 1.82) is 0 Å². The first kappa shape index (κ1) is 14.0. The molecule has 100 valence electrons. The first-order chi connectivity index (χ1) is 8.77. The maximum absolute atomic E-state index is 13.5. The Hall–Kier alpha value is -1.38. The molecule has 0 radical (unpaired) electrons. The van der Waals surface area contributed by atoms with E-state index in [4.69, 9.17) is 15.9 Å². The van der Waals surface area contributed by atoms with Crippen LogP contribution < -0.4 is 5.46 Å². The molecular weight excluding hydrogens is 244 g/mol. The summed E-state index contributed by atoms with van der Waals surface area (Å²) in [6, 6.07) is 4.65. The van der Waals surface area contributed by atoms with Gasteiger partial charge in [0.05, 0.1) is 16.8 Å². The van der Waals surface area contributed by atoms with Crippen LogP contribution >= 0.6 is 0 Å². The van der Waals surface area contributed by atoms with Crippen molar-refractivity contribution in [2.75, 3.05) is 0 Å². The highest BCUT2D eigenvalue weighted by Crippen LogP contribution is 2.36. The lowest BCUT2D eigenvalue weighted by atomic mass is 9.78. The van der Waals surface area contributed by atoms with Crippen LogP contribution in [0, 0.1) is 12.4 Å². The highest BCUT2D eigenvalue weighted by molar-refractivity contribution is 6.62. The van der Waals surface area contributed by atoms with Gasteiger partial charge in [-0.3, -0.25) is 0 Å². The Morgan fingerprint density at radius 2 is 1.79 bits per heavy atom. The van der Waals surface area contributed by atoms with Gasteiger partial charge in [-0.1, -0.05) is 6.07 Å². The van der Waals surface area contributed by atoms with Gasteiger partial charge in [-0.15, -0.1) is 0 Å². The molecule has 0 aliphatic carbocycles. The second-order valence-corrected chi connectivity index (χ2v) is 5.76. The summed E-state index contributed by atoms with van der Waals surface area (Å²) in [7, 11) is -0.518. The largest absolute Gasteiger partial charge is 0.494 e. The fraction of sp³-hybridized carbons (Fsp3) is 0.500. The molecule has 0 atom stereocenters. The van der Waals surface area contributed by atoms with Crippen LogP contribution in [0.2, 0.25) is 0 Å². The van der Waals surface area contributed by atoms with Crippen LogP contribution in [0.5, 0.6) is 0 Å². The zero-order valence-electron chi connectivity index (χ0n) is 11.7. The van der Waals surface area contributed by atoms with Crippen LogP contribution in [0.15, 0.2) is 18.2 Å². The fourth-order valence-corrected chi connectivity index (χ4v) is 1.93. The van der Waals surface area contributed by atoms with E-state index in [1.807, 2.05) is 27.7 Å². The summed E-state index contributed by atoms with van der Waals surface area (Å²) in [5.41, 5.74) is 0.277. The Kier molecular flexibility index (Phi) is 3.42. The molecule has 3 nitrogen and oxygen atoms in total. The summed E-state index contributed by atoms with van der Waals surface area (Å²) in [6.45, 7) is 14.7. The van der Waals surface area contributed by atoms with E-state index in [2.05, 4.69) is 4.85 Å². The molecule has 0 aromatic heterocycles.